The lowest BCUT2D eigenvalue weighted by Crippen LogP contribution is -2.57. The van der Waals surface area contributed by atoms with Gasteiger partial charge in [0.25, 0.3) is 0 Å². The van der Waals surface area contributed by atoms with E-state index in [1.807, 2.05) is 30.3 Å². The quantitative estimate of drug-likeness (QED) is 0.260. The van der Waals surface area contributed by atoms with E-state index in [0.29, 0.717) is 5.56 Å². The van der Waals surface area contributed by atoms with E-state index in [-0.39, 0.29) is 44.1 Å². The molecule has 1 aliphatic rings. The number of carbonyl (C=O) groups excluding carboxylic acids is 5. The Hall–Kier alpha value is -4.45. The fourth-order valence-electron chi connectivity index (χ4n) is 4.08. The largest absolute Gasteiger partial charge is 0.508 e. The van der Waals surface area contributed by atoms with Gasteiger partial charge >= 0.3 is 0 Å². The van der Waals surface area contributed by atoms with E-state index >= 15 is 0 Å². The minimum Gasteiger partial charge on any atom is -0.508 e. The van der Waals surface area contributed by atoms with Crippen LogP contribution in [0.15, 0.2) is 54.6 Å². The van der Waals surface area contributed by atoms with Gasteiger partial charge in [-0.05, 0) is 29.7 Å². The zero-order chi connectivity index (χ0) is 28.4. The Bertz CT molecular complexity index is 1170. The van der Waals surface area contributed by atoms with Crippen LogP contribution in [0.3, 0.4) is 0 Å². The van der Waals surface area contributed by atoms with Crippen molar-refractivity contribution in [2.75, 3.05) is 26.2 Å². The van der Waals surface area contributed by atoms with E-state index in [2.05, 4.69) is 21.3 Å². The van der Waals surface area contributed by atoms with Crippen molar-refractivity contribution < 1.29 is 29.1 Å². The Morgan fingerprint density at radius 3 is 2.38 bits per heavy atom. The number of rotatable bonds is 6. The van der Waals surface area contributed by atoms with Crippen LogP contribution in [0.2, 0.25) is 0 Å². The first kappa shape index (κ1) is 29.1. The van der Waals surface area contributed by atoms with Gasteiger partial charge in [0.1, 0.15) is 17.8 Å². The van der Waals surface area contributed by atoms with Crippen LogP contribution >= 0.6 is 0 Å². The molecule has 3 rings (SSSR count). The molecule has 0 unspecified atom stereocenters. The maximum absolute atomic E-state index is 13.0. The molecule has 39 heavy (non-hydrogen) atoms. The summed E-state index contributed by atoms with van der Waals surface area (Å²) < 4.78 is 0. The number of nitrogens with zero attached hydrogens (tertiary/aromatic N) is 1. The van der Waals surface area contributed by atoms with Crippen molar-refractivity contribution >= 4 is 29.5 Å². The summed E-state index contributed by atoms with van der Waals surface area (Å²) in [4.78, 5) is 65.0. The summed E-state index contributed by atoms with van der Waals surface area (Å²) in [6.07, 6.45) is 0.383. The molecule has 1 fully saturated rings. The van der Waals surface area contributed by atoms with Crippen LogP contribution < -0.4 is 27.0 Å². The molecule has 7 N–H and O–H groups in total. The molecule has 12 heteroatoms. The lowest BCUT2D eigenvalue weighted by Gasteiger charge is -2.27. The van der Waals surface area contributed by atoms with Gasteiger partial charge in [0.05, 0.1) is 12.6 Å². The standard InChI is InChI=1S/C27H34N6O6/c1-17(34)33-12-11-29-26(38)22(14-18-5-3-2-4-6-18)31-24(36)15-30-27(39)23(16-33)32-25(37)21(28)13-19-7-9-20(35)10-8-19/h2-10,21-23,35H,11-16,28H2,1H3,(H,29,38)(H,30,39)(H,31,36)(H,32,37)/t21-,22-,23+/m0/s1. The molecule has 3 atom stereocenters. The minimum absolute atomic E-state index is 0.0717. The molecule has 1 heterocycles. The predicted molar refractivity (Wildman–Crippen MR) is 142 cm³/mol. The van der Waals surface area contributed by atoms with Crippen LogP contribution in [-0.4, -0.2) is 83.8 Å². The minimum atomic E-state index is -1.20. The molecule has 208 valence electrons. The second-order valence-electron chi connectivity index (χ2n) is 9.32. The van der Waals surface area contributed by atoms with E-state index < -0.39 is 48.3 Å². The molecular weight excluding hydrogens is 504 g/mol. The van der Waals surface area contributed by atoms with Crippen molar-refractivity contribution in [2.24, 2.45) is 5.73 Å². The number of nitrogens with two attached hydrogens (primary N) is 1. The Kier molecular flexibility index (Phi) is 10.4. The van der Waals surface area contributed by atoms with Gasteiger partial charge < -0.3 is 37.0 Å². The average Bonchev–Trinajstić information content (AvgIpc) is 2.91. The van der Waals surface area contributed by atoms with E-state index in [1.54, 1.807) is 12.1 Å². The van der Waals surface area contributed by atoms with Gasteiger partial charge in [-0.15, -0.1) is 0 Å². The van der Waals surface area contributed by atoms with Crippen molar-refractivity contribution in [3.63, 3.8) is 0 Å². The zero-order valence-electron chi connectivity index (χ0n) is 21.7. The maximum Gasteiger partial charge on any atom is 0.244 e. The summed E-state index contributed by atoms with van der Waals surface area (Å²) in [6.45, 7) is 0.832. The summed E-state index contributed by atoms with van der Waals surface area (Å²) >= 11 is 0. The SMILES string of the molecule is CC(=O)N1CCNC(=O)[C@H](Cc2ccccc2)NC(=O)CNC(=O)[C@H](NC(=O)[C@@H](N)Cc2ccc(O)cc2)C1. The van der Waals surface area contributed by atoms with E-state index in [0.717, 1.165) is 5.56 Å². The summed E-state index contributed by atoms with van der Waals surface area (Å²) in [5.41, 5.74) is 7.60. The van der Waals surface area contributed by atoms with Crippen LogP contribution in [0.25, 0.3) is 0 Å². The molecule has 0 bridgehead atoms. The molecule has 2 aromatic rings. The molecule has 5 amide bonds. The van der Waals surface area contributed by atoms with Crippen molar-refractivity contribution in [2.45, 2.75) is 37.9 Å². The molecule has 0 aliphatic carbocycles. The average molecular weight is 539 g/mol. The van der Waals surface area contributed by atoms with E-state index in [1.165, 1.54) is 24.0 Å². The highest BCUT2D eigenvalue weighted by atomic mass is 16.3. The van der Waals surface area contributed by atoms with E-state index in [4.69, 9.17) is 5.73 Å². The number of hydrogen-bond acceptors (Lipinski definition) is 7. The molecule has 1 saturated heterocycles. The Labute approximate surface area is 226 Å². The Morgan fingerprint density at radius 1 is 1.03 bits per heavy atom. The first-order valence-electron chi connectivity index (χ1n) is 12.6. The lowest BCUT2D eigenvalue weighted by atomic mass is 10.1. The van der Waals surface area contributed by atoms with Crippen LogP contribution in [-0.2, 0) is 36.8 Å². The lowest BCUT2D eigenvalue weighted by molar-refractivity contribution is -0.134. The first-order valence-corrected chi connectivity index (χ1v) is 12.6. The first-order chi connectivity index (χ1) is 18.6. The van der Waals surface area contributed by atoms with Crippen LogP contribution in [0.1, 0.15) is 18.1 Å². The molecule has 0 spiro atoms. The Morgan fingerprint density at radius 2 is 1.72 bits per heavy atom. The van der Waals surface area contributed by atoms with Crippen molar-refractivity contribution in [1.29, 1.82) is 0 Å². The predicted octanol–water partition coefficient (Wildman–Crippen LogP) is -1.43. The van der Waals surface area contributed by atoms with Gasteiger partial charge in [0.15, 0.2) is 0 Å². The summed E-state index contributed by atoms with van der Waals surface area (Å²) in [7, 11) is 0. The third-order valence-corrected chi connectivity index (χ3v) is 6.25. The van der Waals surface area contributed by atoms with Gasteiger partial charge in [-0.3, -0.25) is 24.0 Å². The number of benzene rings is 2. The highest BCUT2D eigenvalue weighted by Gasteiger charge is 2.29. The monoisotopic (exact) mass is 538 g/mol. The summed E-state index contributed by atoms with van der Waals surface area (Å²) in [5.74, 6) is -2.61. The normalized spacial score (nSPS) is 19.7. The van der Waals surface area contributed by atoms with Gasteiger partial charge in [-0.2, -0.15) is 0 Å². The van der Waals surface area contributed by atoms with Crippen LogP contribution in [0, 0.1) is 0 Å². The third-order valence-electron chi connectivity index (χ3n) is 6.25. The topological polar surface area (TPSA) is 183 Å². The van der Waals surface area contributed by atoms with Gasteiger partial charge in [-0.1, -0.05) is 42.5 Å². The van der Waals surface area contributed by atoms with Crippen LogP contribution in [0.5, 0.6) is 5.75 Å². The number of hydrogen-bond donors (Lipinski definition) is 6. The zero-order valence-corrected chi connectivity index (χ0v) is 21.7. The number of carbonyl (C=O) groups is 5. The van der Waals surface area contributed by atoms with Gasteiger partial charge in [-0.25, -0.2) is 0 Å². The van der Waals surface area contributed by atoms with Crippen molar-refractivity contribution in [3.8, 4) is 5.75 Å². The smallest absolute Gasteiger partial charge is 0.244 e. The molecular formula is C27H34N6O6. The molecule has 1 aliphatic heterocycles. The molecule has 0 aromatic heterocycles. The van der Waals surface area contributed by atoms with Crippen molar-refractivity contribution in [1.82, 2.24) is 26.2 Å². The molecule has 0 saturated carbocycles. The molecule has 2 aromatic carbocycles. The summed E-state index contributed by atoms with van der Waals surface area (Å²) in [6, 6.07) is 12.3. The van der Waals surface area contributed by atoms with E-state index in [9.17, 15) is 29.1 Å². The van der Waals surface area contributed by atoms with Gasteiger partial charge in [0, 0.05) is 33.0 Å². The number of phenolic OH excluding ortho intramolecular Hbond substituents is 1. The third kappa shape index (κ3) is 9.11. The maximum atomic E-state index is 13.0. The number of aromatic hydroxyl groups is 1. The fourth-order valence-corrected chi connectivity index (χ4v) is 4.08. The number of nitrogens with one attached hydrogen (secondary N) is 4. The van der Waals surface area contributed by atoms with Crippen LogP contribution in [0.4, 0.5) is 0 Å². The fraction of sp³-hybridized carbons (Fsp3) is 0.370. The highest BCUT2D eigenvalue weighted by Crippen LogP contribution is 2.11. The van der Waals surface area contributed by atoms with Crippen molar-refractivity contribution in [3.05, 3.63) is 65.7 Å². The molecule has 0 radical (unpaired) electrons. The summed E-state index contributed by atoms with van der Waals surface area (Å²) in [5, 5.41) is 19.9. The molecule has 12 nitrogen and oxygen atoms in total. The number of phenols is 1. The Balaban J connectivity index is 1.72. The highest BCUT2D eigenvalue weighted by molar-refractivity contribution is 5.94. The second kappa shape index (κ2) is 13.9. The number of amides is 5. The van der Waals surface area contributed by atoms with Gasteiger partial charge in [0.2, 0.25) is 29.5 Å². The second-order valence-corrected chi connectivity index (χ2v) is 9.32.